The van der Waals surface area contributed by atoms with Gasteiger partial charge < -0.3 is 14.8 Å². The summed E-state index contributed by atoms with van der Waals surface area (Å²) in [5.41, 5.74) is 0.338. The zero-order valence-corrected chi connectivity index (χ0v) is 9.47. The Hall–Kier alpha value is -0.120. The van der Waals surface area contributed by atoms with E-state index in [-0.39, 0.29) is 0 Å². The van der Waals surface area contributed by atoms with Crippen LogP contribution in [0.15, 0.2) is 0 Å². The first-order valence-electron chi connectivity index (χ1n) is 5.69. The second kappa shape index (κ2) is 6.38. The van der Waals surface area contributed by atoms with E-state index in [1.165, 1.54) is 6.42 Å². The predicted molar refractivity (Wildman–Crippen MR) is 57.5 cm³/mol. The van der Waals surface area contributed by atoms with E-state index in [1.807, 2.05) is 6.92 Å². The Labute approximate surface area is 87.2 Å². The molecule has 1 saturated heterocycles. The van der Waals surface area contributed by atoms with Crippen molar-refractivity contribution >= 4 is 0 Å². The molecule has 0 bridgehead atoms. The lowest BCUT2D eigenvalue weighted by Crippen LogP contribution is -2.35. The van der Waals surface area contributed by atoms with Crippen molar-refractivity contribution < 1.29 is 9.47 Å². The highest BCUT2D eigenvalue weighted by Crippen LogP contribution is 2.31. The average Bonchev–Trinajstić information content (AvgIpc) is 2.65. The van der Waals surface area contributed by atoms with Gasteiger partial charge in [0.25, 0.3) is 0 Å². The average molecular weight is 201 g/mol. The topological polar surface area (TPSA) is 30.5 Å². The summed E-state index contributed by atoms with van der Waals surface area (Å²) in [4.78, 5) is 0. The van der Waals surface area contributed by atoms with Gasteiger partial charge in [-0.25, -0.2) is 0 Å². The van der Waals surface area contributed by atoms with Crippen molar-refractivity contribution in [2.75, 3.05) is 39.5 Å². The number of nitrogens with one attached hydrogen (secondary N) is 1. The van der Waals surface area contributed by atoms with E-state index in [1.54, 1.807) is 0 Å². The molecule has 1 rings (SSSR count). The molecule has 0 aromatic heterocycles. The lowest BCUT2D eigenvalue weighted by Gasteiger charge is -2.27. The lowest BCUT2D eigenvalue weighted by atomic mass is 9.84. The standard InChI is InChI=1S/C11H23NO2/c1-3-12-9-11(5-7-13-4-2)6-8-14-10-11/h12H,3-10H2,1-2H3. The van der Waals surface area contributed by atoms with Gasteiger partial charge in [0.05, 0.1) is 6.61 Å². The molecule has 0 radical (unpaired) electrons. The van der Waals surface area contributed by atoms with Crippen LogP contribution < -0.4 is 5.32 Å². The van der Waals surface area contributed by atoms with Gasteiger partial charge in [-0.05, 0) is 26.3 Å². The van der Waals surface area contributed by atoms with E-state index in [2.05, 4.69) is 12.2 Å². The molecule has 0 spiro atoms. The molecular weight excluding hydrogens is 178 g/mol. The fourth-order valence-corrected chi connectivity index (χ4v) is 1.90. The zero-order chi connectivity index (χ0) is 10.3. The molecule has 14 heavy (non-hydrogen) atoms. The molecule has 1 fully saturated rings. The van der Waals surface area contributed by atoms with Crippen molar-refractivity contribution in [3.05, 3.63) is 0 Å². The molecule has 1 atom stereocenters. The first-order chi connectivity index (χ1) is 6.83. The van der Waals surface area contributed by atoms with Crippen molar-refractivity contribution in [2.24, 2.45) is 5.41 Å². The van der Waals surface area contributed by atoms with E-state index in [0.29, 0.717) is 5.41 Å². The number of rotatable bonds is 7. The highest BCUT2D eigenvalue weighted by atomic mass is 16.5. The summed E-state index contributed by atoms with van der Waals surface area (Å²) in [6, 6.07) is 0. The molecule has 0 aromatic rings. The Morgan fingerprint density at radius 2 is 2.29 bits per heavy atom. The van der Waals surface area contributed by atoms with E-state index in [0.717, 1.165) is 45.9 Å². The van der Waals surface area contributed by atoms with Gasteiger partial charge in [0.2, 0.25) is 0 Å². The summed E-state index contributed by atoms with van der Waals surface area (Å²) in [6.45, 7) is 9.79. The van der Waals surface area contributed by atoms with E-state index in [9.17, 15) is 0 Å². The minimum atomic E-state index is 0.338. The Bertz CT molecular complexity index is 144. The Morgan fingerprint density at radius 3 is 2.86 bits per heavy atom. The van der Waals surface area contributed by atoms with Crippen molar-refractivity contribution in [1.82, 2.24) is 5.32 Å². The van der Waals surface area contributed by atoms with Gasteiger partial charge >= 0.3 is 0 Å². The molecule has 3 heteroatoms. The van der Waals surface area contributed by atoms with Gasteiger partial charge in [0.15, 0.2) is 0 Å². The molecule has 0 saturated carbocycles. The van der Waals surface area contributed by atoms with Crippen LogP contribution in [0.25, 0.3) is 0 Å². The predicted octanol–water partition coefficient (Wildman–Crippen LogP) is 1.43. The maximum Gasteiger partial charge on any atom is 0.0536 e. The van der Waals surface area contributed by atoms with Gasteiger partial charge in [-0.2, -0.15) is 0 Å². The van der Waals surface area contributed by atoms with Crippen LogP contribution >= 0.6 is 0 Å². The number of hydrogen-bond acceptors (Lipinski definition) is 3. The Kier molecular flexibility index (Phi) is 5.45. The third kappa shape index (κ3) is 3.56. The lowest BCUT2D eigenvalue weighted by molar-refractivity contribution is 0.0870. The third-order valence-corrected chi connectivity index (χ3v) is 2.92. The molecule has 1 N–H and O–H groups in total. The number of hydrogen-bond donors (Lipinski definition) is 1. The fourth-order valence-electron chi connectivity index (χ4n) is 1.90. The molecule has 1 aliphatic rings. The fraction of sp³-hybridized carbons (Fsp3) is 1.00. The first kappa shape index (κ1) is 12.0. The Morgan fingerprint density at radius 1 is 1.43 bits per heavy atom. The minimum Gasteiger partial charge on any atom is -0.382 e. The van der Waals surface area contributed by atoms with Crippen LogP contribution in [-0.2, 0) is 9.47 Å². The molecule has 84 valence electrons. The van der Waals surface area contributed by atoms with Crippen molar-refractivity contribution in [3.8, 4) is 0 Å². The number of ether oxygens (including phenoxy) is 2. The largest absolute Gasteiger partial charge is 0.382 e. The maximum absolute atomic E-state index is 5.49. The second-order valence-electron chi connectivity index (χ2n) is 4.03. The SMILES string of the molecule is CCNCC1(CCOCC)CCOC1. The third-order valence-electron chi connectivity index (χ3n) is 2.92. The van der Waals surface area contributed by atoms with Gasteiger partial charge in [0, 0.05) is 31.8 Å². The van der Waals surface area contributed by atoms with E-state index < -0.39 is 0 Å². The molecule has 1 unspecified atom stereocenters. The summed E-state index contributed by atoms with van der Waals surface area (Å²) >= 11 is 0. The molecule has 0 aromatic carbocycles. The molecule has 1 aliphatic heterocycles. The van der Waals surface area contributed by atoms with Crippen LogP contribution in [0, 0.1) is 5.41 Å². The zero-order valence-electron chi connectivity index (χ0n) is 9.47. The summed E-state index contributed by atoms with van der Waals surface area (Å²) in [7, 11) is 0. The molecule has 0 aliphatic carbocycles. The maximum atomic E-state index is 5.49. The molecular formula is C11H23NO2. The van der Waals surface area contributed by atoms with Gasteiger partial charge in [-0.1, -0.05) is 6.92 Å². The van der Waals surface area contributed by atoms with Crippen LogP contribution in [0.5, 0.6) is 0 Å². The Balaban J connectivity index is 2.28. The summed E-state index contributed by atoms with van der Waals surface area (Å²) in [5, 5.41) is 3.42. The smallest absolute Gasteiger partial charge is 0.0536 e. The van der Waals surface area contributed by atoms with Gasteiger partial charge in [-0.15, -0.1) is 0 Å². The van der Waals surface area contributed by atoms with Crippen LogP contribution in [-0.4, -0.2) is 39.5 Å². The normalized spacial score (nSPS) is 27.0. The minimum absolute atomic E-state index is 0.338. The summed E-state index contributed by atoms with van der Waals surface area (Å²) in [5.74, 6) is 0. The quantitative estimate of drug-likeness (QED) is 0.632. The highest BCUT2D eigenvalue weighted by Gasteiger charge is 2.33. The van der Waals surface area contributed by atoms with Gasteiger partial charge in [-0.3, -0.25) is 0 Å². The van der Waals surface area contributed by atoms with E-state index >= 15 is 0 Å². The summed E-state index contributed by atoms with van der Waals surface area (Å²) in [6.07, 6.45) is 2.29. The van der Waals surface area contributed by atoms with Crippen molar-refractivity contribution in [2.45, 2.75) is 26.7 Å². The highest BCUT2D eigenvalue weighted by molar-refractivity contribution is 4.85. The van der Waals surface area contributed by atoms with Crippen LogP contribution in [0.2, 0.25) is 0 Å². The van der Waals surface area contributed by atoms with Crippen LogP contribution in [0.1, 0.15) is 26.7 Å². The van der Waals surface area contributed by atoms with Crippen LogP contribution in [0.4, 0.5) is 0 Å². The first-order valence-corrected chi connectivity index (χ1v) is 5.69. The van der Waals surface area contributed by atoms with Crippen molar-refractivity contribution in [3.63, 3.8) is 0 Å². The second-order valence-corrected chi connectivity index (χ2v) is 4.03. The van der Waals surface area contributed by atoms with Crippen molar-refractivity contribution in [1.29, 1.82) is 0 Å². The van der Waals surface area contributed by atoms with Gasteiger partial charge in [0.1, 0.15) is 0 Å². The van der Waals surface area contributed by atoms with E-state index in [4.69, 9.17) is 9.47 Å². The van der Waals surface area contributed by atoms with Crippen LogP contribution in [0.3, 0.4) is 0 Å². The molecule has 1 heterocycles. The monoisotopic (exact) mass is 201 g/mol. The molecule has 0 amide bonds. The molecule has 3 nitrogen and oxygen atoms in total. The summed E-state index contributed by atoms with van der Waals surface area (Å²) < 4.78 is 10.9.